The molecule has 0 saturated heterocycles. The lowest BCUT2D eigenvalue weighted by atomic mass is 10.2. The second-order valence-electron chi connectivity index (χ2n) is 6.50. The van der Waals surface area contributed by atoms with Crippen LogP contribution in [-0.2, 0) is 10.5 Å². The molecule has 1 N–H and O–H groups in total. The number of H-pyrrole nitrogens is 1. The molecule has 7 heteroatoms. The van der Waals surface area contributed by atoms with Crippen molar-refractivity contribution in [1.29, 1.82) is 0 Å². The third kappa shape index (κ3) is 5.17. The summed E-state index contributed by atoms with van der Waals surface area (Å²) in [6.07, 6.45) is 3.64. The first-order valence-corrected chi connectivity index (χ1v) is 10.5. The Labute approximate surface area is 170 Å². The molecule has 0 aliphatic carbocycles. The van der Waals surface area contributed by atoms with Crippen LogP contribution >= 0.6 is 11.8 Å². The van der Waals surface area contributed by atoms with Crippen molar-refractivity contribution in [2.45, 2.75) is 50.8 Å². The molecule has 0 radical (unpaired) electrons. The number of pyridine rings is 1. The van der Waals surface area contributed by atoms with Crippen molar-refractivity contribution in [2.75, 3.05) is 13.7 Å². The zero-order chi connectivity index (χ0) is 19.9. The van der Waals surface area contributed by atoms with Gasteiger partial charge in [0.25, 0.3) is 0 Å². The van der Waals surface area contributed by atoms with Gasteiger partial charge >= 0.3 is 0 Å². The van der Waals surface area contributed by atoms with Crippen LogP contribution in [0.25, 0.3) is 11.0 Å². The van der Waals surface area contributed by atoms with Crippen LogP contribution in [0.1, 0.15) is 37.9 Å². The smallest absolute Gasteiger partial charge is 0.196 e. The van der Waals surface area contributed by atoms with Crippen molar-refractivity contribution in [3.05, 3.63) is 41.7 Å². The maximum atomic E-state index is 5.95. The van der Waals surface area contributed by atoms with E-state index in [-0.39, 0.29) is 6.29 Å². The molecule has 1 unspecified atom stereocenters. The van der Waals surface area contributed by atoms with Crippen LogP contribution in [0.2, 0.25) is 0 Å². The minimum absolute atomic E-state index is 0.279. The molecule has 2 heterocycles. The molecule has 6 nitrogen and oxygen atoms in total. The first-order valence-electron chi connectivity index (χ1n) is 9.50. The summed E-state index contributed by atoms with van der Waals surface area (Å²) in [5.41, 5.74) is 3.88. The van der Waals surface area contributed by atoms with Gasteiger partial charge in [-0.25, -0.2) is 4.98 Å². The van der Waals surface area contributed by atoms with E-state index in [1.165, 1.54) is 0 Å². The topological polar surface area (TPSA) is 69.3 Å². The van der Waals surface area contributed by atoms with Crippen molar-refractivity contribution < 1.29 is 14.2 Å². The van der Waals surface area contributed by atoms with Gasteiger partial charge < -0.3 is 19.2 Å². The van der Waals surface area contributed by atoms with Gasteiger partial charge in [0.15, 0.2) is 11.4 Å². The monoisotopic (exact) mass is 401 g/mol. The van der Waals surface area contributed by atoms with Gasteiger partial charge in [-0.2, -0.15) is 0 Å². The highest BCUT2D eigenvalue weighted by atomic mass is 32.2. The SMILES string of the molecule is CCCCOC(C)Oc1ccnc(CSc2nc3cc(OC)ccc3[nH]2)c1C. The number of thioether (sulfide) groups is 1. The Hall–Kier alpha value is -2.25. The maximum absolute atomic E-state index is 5.95. The molecule has 2 aromatic heterocycles. The summed E-state index contributed by atoms with van der Waals surface area (Å²) < 4.78 is 16.9. The van der Waals surface area contributed by atoms with E-state index >= 15 is 0 Å². The van der Waals surface area contributed by atoms with E-state index < -0.39 is 0 Å². The fourth-order valence-electron chi connectivity index (χ4n) is 2.73. The van der Waals surface area contributed by atoms with E-state index in [2.05, 4.69) is 21.9 Å². The predicted octanol–water partition coefficient (Wildman–Crippen LogP) is 5.11. The van der Waals surface area contributed by atoms with E-state index in [0.717, 1.165) is 51.8 Å². The molecule has 3 rings (SSSR count). The summed E-state index contributed by atoms with van der Waals surface area (Å²) in [6, 6.07) is 7.71. The van der Waals surface area contributed by atoms with Gasteiger partial charge in [0.2, 0.25) is 0 Å². The molecule has 3 aromatic rings. The van der Waals surface area contributed by atoms with Crippen LogP contribution < -0.4 is 9.47 Å². The lowest BCUT2D eigenvalue weighted by Gasteiger charge is -2.17. The minimum atomic E-state index is -0.279. The summed E-state index contributed by atoms with van der Waals surface area (Å²) in [7, 11) is 1.66. The van der Waals surface area contributed by atoms with Crippen LogP contribution in [-0.4, -0.2) is 35.0 Å². The molecule has 0 saturated carbocycles. The highest BCUT2D eigenvalue weighted by molar-refractivity contribution is 7.98. The molecular weight excluding hydrogens is 374 g/mol. The van der Waals surface area contributed by atoms with Crippen LogP contribution in [0.15, 0.2) is 35.6 Å². The predicted molar refractivity (Wildman–Crippen MR) is 112 cm³/mol. The van der Waals surface area contributed by atoms with Crippen LogP contribution in [0, 0.1) is 6.92 Å². The average molecular weight is 402 g/mol. The average Bonchev–Trinajstić information content (AvgIpc) is 3.10. The Bertz CT molecular complexity index is 913. The number of hydrogen-bond acceptors (Lipinski definition) is 6. The maximum Gasteiger partial charge on any atom is 0.196 e. The van der Waals surface area contributed by atoms with Gasteiger partial charge in [0, 0.05) is 23.6 Å². The van der Waals surface area contributed by atoms with Crippen LogP contribution in [0.5, 0.6) is 11.5 Å². The molecule has 28 heavy (non-hydrogen) atoms. The summed E-state index contributed by atoms with van der Waals surface area (Å²) >= 11 is 1.61. The molecular formula is C21H27N3O3S. The van der Waals surface area contributed by atoms with Crippen LogP contribution in [0.3, 0.4) is 0 Å². The van der Waals surface area contributed by atoms with Crippen molar-refractivity contribution in [2.24, 2.45) is 0 Å². The first kappa shape index (κ1) is 20.5. The van der Waals surface area contributed by atoms with E-state index in [1.807, 2.05) is 38.1 Å². The third-order valence-corrected chi connectivity index (χ3v) is 5.30. The molecule has 1 atom stereocenters. The van der Waals surface area contributed by atoms with Crippen molar-refractivity contribution in [3.63, 3.8) is 0 Å². The number of aromatic nitrogens is 3. The van der Waals surface area contributed by atoms with Crippen molar-refractivity contribution in [1.82, 2.24) is 15.0 Å². The normalized spacial score (nSPS) is 12.3. The Morgan fingerprint density at radius 2 is 2.11 bits per heavy atom. The van der Waals surface area contributed by atoms with Gasteiger partial charge in [-0.15, -0.1) is 0 Å². The van der Waals surface area contributed by atoms with E-state index in [4.69, 9.17) is 14.2 Å². The number of methoxy groups -OCH3 is 1. The lowest BCUT2D eigenvalue weighted by molar-refractivity contribution is -0.0677. The summed E-state index contributed by atoms with van der Waals surface area (Å²) in [5.74, 6) is 2.31. The Morgan fingerprint density at radius 3 is 2.89 bits per heavy atom. The second kappa shape index (κ2) is 9.80. The highest BCUT2D eigenvalue weighted by Gasteiger charge is 2.12. The zero-order valence-corrected chi connectivity index (χ0v) is 17.6. The minimum Gasteiger partial charge on any atom is -0.497 e. The number of hydrogen-bond donors (Lipinski definition) is 1. The number of nitrogens with zero attached hydrogens (tertiary/aromatic N) is 2. The number of benzene rings is 1. The summed E-state index contributed by atoms with van der Waals surface area (Å²) in [4.78, 5) is 12.5. The number of rotatable bonds is 10. The number of ether oxygens (including phenoxy) is 3. The molecule has 0 bridgehead atoms. The van der Waals surface area contributed by atoms with Gasteiger partial charge in [-0.3, -0.25) is 4.98 Å². The fraction of sp³-hybridized carbons (Fsp3) is 0.429. The summed E-state index contributed by atoms with van der Waals surface area (Å²) in [5, 5.41) is 0.854. The van der Waals surface area contributed by atoms with Crippen molar-refractivity contribution >= 4 is 22.8 Å². The van der Waals surface area contributed by atoms with E-state index in [1.54, 1.807) is 25.1 Å². The highest BCUT2D eigenvalue weighted by Crippen LogP contribution is 2.28. The third-order valence-electron chi connectivity index (χ3n) is 4.42. The molecule has 0 amide bonds. The number of fused-ring (bicyclic) bond motifs is 1. The number of nitrogens with one attached hydrogen (secondary N) is 1. The zero-order valence-electron chi connectivity index (χ0n) is 16.8. The van der Waals surface area contributed by atoms with Gasteiger partial charge in [0.1, 0.15) is 11.5 Å². The number of unbranched alkanes of at least 4 members (excludes halogenated alkanes) is 1. The molecule has 0 aliphatic heterocycles. The van der Waals surface area contributed by atoms with E-state index in [9.17, 15) is 0 Å². The molecule has 1 aromatic carbocycles. The standard InChI is InChI=1S/C21H27N3O3S/c1-5-6-11-26-15(3)27-20-9-10-22-19(14(20)2)13-28-21-23-17-8-7-16(25-4)12-18(17)24-21/h7-10,12,15H,5-6,11,13H2,1-4H3,(H,23,24). The first-order chi connectivity index (χ1) is 13.6. The molecule has 0 fully saturated rings. The Kier molecular flexibility index (Phi) is 7.17. The largest absolute Gasteiger partial charge is 0.497 e. The van der Waals surface area contributed by atoms with Crippen molar-refractivity contribution in [3.8, 4) is 11.5 Å². The molecule has 0 spiro atoms. The van der Waals surface area contributed by atoms with Gasteiger partial charge in [-0.1, -0.05) is 25.1 Å². The van der Waals surface area contributed by atoms with Gasteiger partial charge in [0.05, 0.1) is 30.4 Å². The quantitative estimate of drug-likeness (QED) is 0.289. The second-order valence-corrected chi connectivity index (χ2v) is 7.47. The molecule has 0 aliphatic rings. The fourth-order valence-corrected chi connectivity index (χ4v) is 3.64. The van der Waals surface area contributed by atoms with Crippen LogP contribution in [0.4, 0.5) is 0 Å². The molecule has 150 valence electrons. The van der Waals surface area contributed by atoms with Gasteiger partial charge in [-0.05, 0) is 38.5 Å². The summed E-state index contributed by atoms with van der Waals surface area (Å²) in [6.45, 7) is 6.80. The number of aromatic amines is 1. The number of imidazole rings is 1. The Balaban J connectivity index is 1.64. The Morgan fingerprint density at radius 1 is 1.25 bits per heavy atom. The van der Waals surface area contributed by atoms with E-state index in [0.29, 0.717) is 12.4 Å². The lowest BCUT2D eigenvalue weighted by Crippen LogP contribution is -2.17.